The van der Waals surface area contributed by atoms with E-state index in [1.54, 1.807) is 21.5 Å². The second-order valence-electron chi connectivity index (χ2n) is 11.0. The monoisotopic (exact) mass is 541 g/mol. The zero-order chi connectivity index (χ0) is 27.7. The van der Waals surface area contributed by atoms with E-state index in [-0.39, 0.29) is 18.1 Å². The number of aromatic nitrogens is 3. The summed E-state index contributed by atoms with van der Waals surface area (Å²) in [6.07, 6.45) is 3.77. The first-order valence-corrected chi connectivity index (χ1v) is 13.2. The fourth-order valence-corrected chi connectivity index (χ4v) is 5.13. The fourth-order valence-electron chi connectivity index (χ4n) is 5.13. The van der Waals surface area contributed by atoms with E-state index in [0.29, 0.717) is 61.7 Å². The maximum absolute atomic E-state index is 14.5. The highest BCUT2D eigenvalue weighted by molar-refractivity contribution is 5.88. The molecule has 5 rings (SSSR count). The van der Waals surface area contributed by atoms with Gasteiger partial charge in [0, 0.05) is 31.2 Å². The summed E-state index contributed by atoms with van der Waals surface area (Å²) in [4.78, 5) is 33.0. The van der Waals surface area contributed by atoms with E-state index in [1.165, 1.54) is 12.3 Å². The Morgan fingerprint density at radius 3 is 2.56 bits per heavy atom. The van der Waals surface area contributed by atoms with Gasteiger partial charge in [-0.2, -0.15) is 4.52 Å². The van der Waals surface area contributed by atoms with E-state index < -0.39 is 23.3 Å². The molecule has 12 heteroatoms. The molecule has 1 atom stereocenters. The van der Waals surface area contributed by atoms with E-state index in [2.05, 4.69) is 20.7 Å². The smallest absolute Gasteiger partial charge is 0.407 e. The van der Waals surface area contributed by atoms with Crippen LogP contribution in [0.5, 0.6) is 0 Å². The van der Waals surface area contributed by atoms with Crippen LogP contribution in [0.15, 0.2) is 36.5 Å². The summed E-state index contributed by atoms with van der Waals surface area (Å²) in [5.41, 5.74) is 0.276. The number of ether oxygens (including phenoxy) is 1. The molecule has 2 fully saturated rings. The number of carbonyl (C=O) groups is 2. The molecular weight excluding hydrogens is 508 g/mol. The SMILES string of the molecule is CC(C)(C)OC(=O)NC1CCN(C(=O)Nc2cnc3ccc(N4CCC[C@@H]4c4cc(F)ccc4F)nn23)CC1. The van der Waals surface area contributed by atoms with Crippen LogP contribution < -0.4 is 15.5 Å². The number of amides is 3. The molecule has 4 heterocycles. The number of likely N-dealkylation sites (tertiary alicyclic amines) is 1. The minimum Gasteiger partial charge on any atom is -0.444 e. The Morgan fingerprint density at radius 1 is 1.05 bits per heavy atom. The van der Waals surface area contributed by atoms with Crippen LogP contribution >= 0.6 is 0 Å². The lowest BCUT2D eigenvalue weighted by Crippen LogP contribution is -2.48. The number of rotatable bonds is 4. The van der Waals surface area contributed by atoms with Crippen LogP contribution in [0, 0.1) is 11.6 Å². The quantitative estimate of drug-likeness (QED) is 0.489. The van der Waals surface area contributed by atoms with Crippen molar-refractivity contribution < 1.29 is 23.1 Å². The lowest BCUT2D eigenvalue weighted by atomic mass is 10.0. The average Bonchev–Trinajstić information content (AvgIpc) is 3.52. The number of imidazole rings is 1. The summed E-state index contributed by atoms with van der Waals surface area (Å²) < 4.78 is 35.3. The molecule has 1 aromatic carbocycles. The Kier molecular flexibility index (Phi) is 7.28. The van der Waals surface area contributed by atoms with Gasteiger partial charge in [-0.15, -0.1) is 5.10 Å². The standard InChI is InChI=1S/C27H33F2N7O3/c1-27(2,3)39-26(38)31-18-10-13-34(14-11-18)25(37)32-24-16-30-22-8-9-23(33-36(22)24)35-12-4-5-21(35)19-15-17(28)6-7-20(19)29/h6-9,15-16,18,21H,4-5,10-14H2,1-3H3,(H,31,38)(H,32,37)/t21-/m1/s1. The third kappa shape index (κ3) is 6.04. The number of carbonyl (C=O) groups excluding carboxylic acids is 2. The first-order chi connectivity index (χ1) is 18.6. The number of piperidine rings is 1. The highest BCUT2D eigenvalue weighted by Gasteiger charge is 2.30. The highest BCUT2D eigenvalue weighted by Crippen LogP contribution is 2.36. The van der Waals surface area contributed by atoms with Crippen LogP contribution in [0.2, 0.25) is 0 Å². The molecule has 39 heavy (non-hydrogen) atoms. The molecule has 3 aromatic rings. The minimum absolute atomic E-state index is 0.0692. The van der Waals surface area contributed by atoms with Gasteiger partial charge in [0.25, 0.3) is 0 Å². The van der Waals surface area contributed by atoms with Gasteiger partial charge in [0.15, 0.2) is 11.5 Å². The predicted molar refractivity (Wildman–Crippen MR) is 142 cm³/mol. The summed E-state index contributed by atoms with van der Waals surface area (Å²) in [5.74, 6) is 0.0516. The first-order valence-electron chi connectivity index (χ1n) is 13.2. The number of halogens is 2. The van der Waals surface area contributed by atoms with Gasteiger partial charge >= 0.3 is 12.1 Å². The molecule has 0 spiro atoms. The van der Waals surface area contributed by atoms with Crippen molar-refractivity contribution >= 4 is 29.4 Å². The van der Waals surface area contributed by atoms with Crippen LogP contribution in [-0.2, 0) is 4.74 Å². The number of hydrogen-bond acceptors (Lipinski definition) is 6. The van der Waals surface area contributed by atoms with E-state index in [4.69, 9.17) is 4.74 Å². The van der Waals surface area contributed by atoms with Crippen molar-refractivity contribution in [3.63, 3.8) is 0 Å². The largest absolute Gasteiger partial charge is 0.444 e. The van der Waals surface area contributed by atoms with Gasteiger partial charge in [-0.05, 0) is 76.8 Å². The number of nitrogens with one attached hydrogen (secondary N) is 2. The van der Waals surface area contributed by atoms with Gasteiger partial charge in [-0.1, -0.05) is 0 Å². The molecule has 3 amide bonds. The zero-order valence-corrected chi connectivity index (χ0v) is 22.3. The molecule has 0 saturated carbocycles. The van der Waals surface area contributed by atoms with Gasteiger partial charge in [-0.3, -0.25) is 5.32 Å². The third-order valence-electron chi connectivity index (χ3n) is 6.95. The fraction of sp³-hybridized carbons (Fsp3) is 0.481. The number of fused-ring (bicyclic) bond motifs is 1. The first kappa shape index (κ1) is 26.6. The Bertz CT molecular complexity index is 1370. The molecule has 0 bridgehead atoms. The Hall–Kier alpha value is -3.96. The van der Waals surface area contributed by atoms with E-state index in [9.17, 15) is 18.4 Å². The van der Waals surface area contributed by atoms with E-state index in [1.807, 2.05) is 25.7 Å². The molecule has 0 radical (unpaired) electrons. The summed E-state index contributed by atoms with van der Waals surface area (Å²) in [6, 6.07) is 6.38. The lowest BCUT2D eigenvalue weighted by molar-refractivity contribution is 0.0486. The maximum Gasteiger partial charge on any atom is 0.407 e. The maximum atomic E-state index is 14.5. The van der Waals surface area contributed by atoms with Crippen molar-refractivity contribution in [2.45, 2.75) is 64.1 Å². The molecule has 0 unspecified atom stereocenters. The number of hydrogen-bond donors (Lipinski definition) is 2. The van der Waals surface area contributed by atoms with Gasteiger partial charge < -0.3 is 19.9 Å². The van der Waals surface area contributed by atoms with E-state index >= 15 is 0 Å². The summed E-state index contributed by atoms with van der Waals surface area (Å²) >= 11 is 0. The van der Waals surface area contributed by atoms with Crippen molar-refractivity contribution in [2.24, 2.45) is 0 Å². The topological polar surface area (TPSA) is 104 Å². The average molecular weight is 542 g/mol. The van der Waals surface area contributed by atoms with Crippen LogP contribution in [0.3, 0.4) is 0 Å². The van der Waals surface area contributed by atoms with Crippen molar-refractivity contribution in [1.82, 2.24) is 24.8 Å². The lowest BCUT2D eigenvalue weighted by Gasteiger charge is -2.32. The zero-order valence-electron chi connectivity index (χ0n) is 22.3. The molecule has 2 aliphatic rings. The Balaban J connectivity index is 1.25. The Labute approximate surface area is 225 Å². The normalized spacial score (nSPS) is 18.4. The van der Waals surface area contributed by atoms with Gasteiger partial charge in [0.2, 0.25) is 0 Å². The minimum atomic E-state index is -0.571. The molecule has 0 aliphatic carbocycles. The Morgan fingerprint density at radius 2 is 1.82 bits per heavy atom. The molecule has 2 aromatic heterocycles. The number of nitrogens with zero attached hydrogens (tertiary/aromatic N) is 5. The van der Waals surface area contributed by atoms with Crippen LogP contribution in [0.1, 0.15) is 58.1 Å². The molecular formula is C27H33F2N7O3. The molecule has 2 N–H and O–H groups in total. The predicted octanol–water partition coefficient (Wildman–Crippen LogP) is 4.87. The molecule has 10 nitrogen and oxygen atoms in total. The molecule has 2 saturated heterocycles. The summed E-state index contributed by atoms with van der Waals surface area (Å²) in [6.45, 7) is 7.01. The van der Waals surface area contributed by atoms with Crippen molar-refractivity contribution in [3.05, 3.63) is 53.7 Å². The van der Waals surface area contributed by atoms with Crippen molar-refractivity contribution in [1.29, 1.82) is 0 Å². The van der Waals surface area contributed by atoms with Crippen molar-refractivity contribution in [3.8, 4) is 0 Å². The summed E-state index contributed by atoms with van der Waals surface area (Å²) in [5, 5.41) is 10.4. The molecule has 2 aliphatic heterocycles. The summed E-state index contributed by atoms with van der Waals surface area (Å²) in [7, 11) is 0. The number of alkyl carbamates (subject to hydrolysis) is 1. The van der Waals surface area contributed by atoms with Crippen LogP contribution in [0.25, 0.3) is 5.65 Å². The number of urea groups is 1. The second kappa shape index (κ2) is 10.7. The van der Waals surface area contributed by atoms with Crippen LogP contribution in [0.4, 0.5) is 30.0 Å². The number of benzene rings is 1. The van der Waals surface area contributed by atoms with Gasteiger partial charge in [0.05, 0.1) is 12.2 Å². The molecule has 208 valence electrons. The van der Waals surface area contributed by atoms with Gasteiger partial charge in [-0.25, -0.2) is 23.4 Å². The number of anilines is 2. The van der Waals surface area contributed by atoms with Gasteiger partial charge in [0.1, 0.15) is 23.1 Å². The van der Waals surface area contributed by atoms with Crippen LogP contribution in [-0.4, -0.2) is 62.9 Å². The van der Waals surface area contributed by atoms with E-state index in [0.717, 1.165) is 18.6 Å². The second-order valence-corrected chi connectivity index (χ2v) is 11.0. The third-order valence-corrected chi connectivity index (χ3v) is 6.95. The highest BCUT2D eigenvalue weighted by atomic mass is 19.1. The van der Waals surface area contributed by atoms with Crippen molar-refractivity contribution in [2.75, 3.05) is 29.9 Å².